The Kier molecular flexibility index (Phi) is 28.3. The van der Waals surface area contributed by atoms with Crippen molar-refractivity contribution < 1.29 is 46.8 Å². The van der Waals surface area contributed by atoms with Crippen LogP contribution in [0.1, 0.15) is 0 Å². The molecule has 10 heteroatoms. The number of aliphatic hydroxyl groups excluding tert-OH is 5. The molecule has 4 unspecified atom stereocenters. The molecule has 0 heterocycles. The third-order valence-corrected chi connectivity index (χ3v) is 1.42. The van der Waals surface area contributed by atoms with Crippen molar-refractivity contribution in [3.05, 3.63) is 0 Å². The number of aldehydes is 1. The van der Waals surface area contributed by atoms with Crippen LogP contribution >= 0.6 is 0 Å². The smallest absolute Gasteiger partial charge is 0.151 e. The van der Waals surface area contributed by atoms with E-state index in [-0.39, 0.29) is 47.1 Å². The van der Waals surface area contributed by atoms with Crippen LogP contribution in [-0.4, -0.2) is 104 Å². The molecule has 0 aromatic rings. The topological polar surface area (TPSA) is 213 Å². The van der Waals surface area contributed by atoms with Crippen molar-refractivity contribution in [1.29, 1.82) is 0 Å². The molecule has 0 rings (SSSR count). The Morgan fingerprint density at radius 2 is 1.31 bits per heavy atom. The average molecular weight is 356 g/mol. The van der Waals surface area contributed by atoms with Crippen molar-refractivity contribution in [2.75, 3.05) is 6.61 Å². The number of hydrogen-bond donors (Lipinski definition) is 5. The molecule has 0 spiro atoms. The summed E-state index contributed by atoms with van der Waals surface area (Å²) in [7, 11) is 0. The predicted molar refractivity (Wildman–Crippen MR) is 53.8 cm³/mol. The van der Waals surface area contributed by atoms with Crippen LogP contribution in [0.3, 0.4) is 0 Å². The fourth-order valence-electron chi connectivity index (χ4n) is 0.618. The van der Waals surface area contributed by atoms with E-state index in [0.717, 1.165) is 0 Å². The van der Waals surface area contributed by atoms with Crippen LogP contribution in [0.15, 0.2) is 0 Å². The molecule has 11 N–H and O–H groups in total. The second-order valence-electron chi connectivity index (χ2n) is 2.36. The van der Waals surface area contributed by atoms with E-state index >= 15 is 0 Å². The van der Waals surface area contributed by atoms with Gasteiger partial charge in [0.05, 0.1) is 6.61 Å². The number of hydrogen-bond acceptors (Lipinski definition) is 6. The maximum absolute atomic E-state index is 9.90. The van der Waals surface area contributed by atoms with Crippen LogP contribution in [0.25, 0.3) is 0 Å². The van der Waals surface area contributed by atoms with Gasteiger partial charge in [-0.2, -0.15) is 0 Å². The molecule has 0 aliphatic carbocycles. The van der Waals surface area contributed by atoms with Crippen molar-refractivity contribution in [2.24, 2.45) is 0 Å². The van der Waals surface area contributed by atoms with Crippen LogP contribution in [0.2, 0.25) is 0 Å². The quantitative estimate of drug-likeness (QED) is 0.238. The molecule has 0 bridgehead atoms. The van der Waals surface area contributed by atoms with Gasteiger partial charge in [0, 0.05) is 24.4 Å². The summed E-state index contributed by atoms with van der Waals surface area (Å²) in [4.78, 5) is 9.90. The summed E-state index contributed by atoms with van der Waals surface area (Å²) in [5.41, 5.74) is 0. The Bertz CT molecular complexity index is 146. The van der Waals surface area contributed by atoms with E-state index in [1.807, 2.05) is 0 Å². The second-order valence-corrected chi connectivity index (χ2v) is 2.36. The van der Waals surface area contributed by atoms with Crippen molar-refractivity contribution in [3.8, 4) is 0 Å². The molecule has 0 amide bonds. The van der Waals surface area contributed by atoms with Crippen molar-refractivity contribution in [1.82, 2.24) is 0 Å². The first-order chi connectivity index (χ1) is 5.54. The Morgan fingerprint density at radius 1 is 0.938 bits per heavy atom. The molecule has 0 fully saturated rings. The first kappa shape index (κ1) is 29.8. The molecule has 0 aromatic carbocycles. The van der Waals surface area contributed by atoms with Crippen LogP contribution in [-0.2, 0) is 4.79 Å². The molecule has 0 aliphatic rings. The van der Waals surface area contributed by atoms with Gasteiger partial charge in [-0.1, -0.05) is 0 Å². The largest absolute Gasteiger partial charge is 0.412 e. The molecule has 0 aliphatic heterocycles. The molecule has 0 aromatic heterocycles. The number of carbonyl (C=O) groups excluding carboxylic acids is 1. The molecule has 3 radical (unpaired) electrons. The van der Waals surface area contributed by atoms with Gasteiger partial charge in [-0.3, -0.25) is 0 Å². The first-order valence-corrected chi connectivity index (χ1v) is 3.33. The molecule has 16 heavy (non-hydrogen) atoms. The zero-order chi connectivity index (χ0) is 9.72. The van der Waals surface area contributed by atoms with Crippen molar-refractivity contribution in [3.63, 3.8) is 0 Å². The van der Waals surface area contributed by atoms with Crippen LogP contribution in [0, 0.1) is 0 Å². The van der Waals surface area contributed by atoms with E-state index in [1.165, 1.54) is 0 Å². The Morgan fingerprint density at radius 3 is 1.56 bits per heavy atom. The maximum atomic E-state index is 9.90. The second kappa shape index (κ2) is 15.2. The van der Waals surface area contributed by atoms with Crippen molar-refractivity contribution >= 4 is 30.7 Å². The first-order valence-electron chi connectivity index (χ1n) is 3.33. The third-order valence-electron chi connectivity index (χ3n) is 1.42. The Balaban J connectivity index is -0.000000101. The van der Waals surface area contributed by atoms with Crippen LogP contribution < -0.4 is 0 Å². The summed E-state index contributed by atoms with van der Waals surface area (Å²) in [5.74, 6) is 0. The van der Waals surface area contributed by atoms with Gasteiger partial charge in [0.15, 0.2) is 6.29 Å². The number of carbonyl (C=O) groups is 1. The van der Waals surface area contributed by atoms with Gasteiger partial charge in [-0.05, 0) is 0 Å². The minimum atomic E-state index is -1.79. The predicted octanol–water partition coefficient (Wildman–Crippen LogP) is -6.23. The summed E-state index contributed by atoms with van der Waals surface area (Å²) in [5, 5.41) is 43.5. The summed E-state index contributed by atoms with van der Waals surface area (Å²) in [6.07, 6.45) is -6.84. The van der Waals surface area contributed by atoms with Gasteiger partial charge in [0.25, 0.3) is 0 Å². The van der Waals surface area contributed by atoms with Gasteiger partial charge >= 0.3 is 0 Å². The Hall–Kier alpha value is 0.168. The fraction of sp³-hybridized carbons (Fsp3) is 0.833. The van der Waals surface area contributed by atoms with Gasteiger partial charge < -0.3 is 46.8 Å². The molecule has 4 atom stereocenters. The molecule has 0 saturated carbocycles. The van der Waals surface area contributed by atoms with Gasteiger partial charge in [0.1, 0.15) is 24.4 Å². The van der Waals surface area contributed by atoms with Crippen LogP contribution in [0.5, 0.6) is 0 Å². The summed E-state index contributed by atoms with van der Waals surface area (Å²) in [6.45, 7) is -0.760. The van der Waals surface area contributed by atoms with E-state index in [9.17, 15) is 4.79 Å². The molecular formula is C6H18O9Sb. The van der Waals surface area contributed by atoms with Crippen LogP contribution in [0.4, 0.5) is 0 Å². The SMILES string of the molecule is O.O.O.O=CC(O)C(O)C(O)C(O)CO.[Sb]. The molecule has 9 nitrogen and oxygen atoms in total. The zero-order valence-corrected chi connectivity index (χ0v) is 10.7. The molecule has 0 saturated heterocycles. The fourth-order valence-corrected chi connectivity index (χ4v) is 0.618. The normalized spacial score (nSPS) is 15.8. The van der Waals surface area contributed by atoms with E-state index in [2.05, 4.69) is 0 Å². The van der Waals surface area contributed by atoms with E-state index in [4.69, 9.17) is 25.5 Å². The maximum Gasteiger partial charge on any atom is 0.151 e. The van der Waals surface area contributed by atoms with E-state index in [0.29, 0.717) is 0 Å². The van der Waals surface area contributed by atoms with E-state index < -0.39 is 31.0 Å². The average Bonchev–Trinajstić information content (AvgIpc) is 2.12. The molecule has 101 valence electrons. The summed E-state index contributed by atoms with van der Waals surface area (Å²) < 4.78 is 0. The number of rotatable bonds is 5. The third kappa shape index (κ3) is 9.40. The Labute approximate surface area is 109 Å². The van der Waals surface area contributed by atoms with Gasteiger partial charge in [-0.15, -0.1) is 0 Å². The zero-order valence-electron chi connectivity index (χ0n) is 8.19. The standard InChI is InChI=1S/C6H12O6.3H2O.Sb/c7-1-3(9)5(11)6(12)4(10)2-8;;;;/h1,3-6,8-12H,2H2;3*1H2;. The van der Waals surface area contributed by atoms with Crippen molar-refractivity contribution in [2.45, 2.75) is 24.4 Å². The van der Waals surface area contributed by atoms with E-state index in [1.54, 1.807) is 0 Å². The number of aliphatic hydroxyl groups is 5. The minimum Gasteiger partial charge on any atom is -0.412 e. The van der Waals surface area contributed by atoms with Gasteiger partial charge in [0.2, 0.25) is 0 Å². The van der Waals surface area contributed by atoms with Gasteiger partial charge in [-0.25, -0.2) is 0 Å². The summed E-state index contributed by atoms with van der Waals surface area (Å²) in [6, 6.07) is 0. The molecular weight excluding hydrogens is 338 g/mol. The summed E-state index contributed by atoms with van der Waals surface area (Å²) >= 11 is 0. The monoisotopic (exact) mass is 355 g/mol. The minimum absolute atomic E-state index is 0.